The molecule has 6 heteroatoms. The van der Waals surface area contributed by atoms with E-state index in [0.29, 0.717) is 12.8 Å². The van der Waals surface area contributed by atoms with Crippen LogP contribution in [0.1, 0.15) is 19.3 Å². The van der Waals surface area contributed by atoms with Gasteiger partial charge in [-0.25, -0.2) is 0 Å². The topological polar surface area (TPSA) is 107 Å². The van der Waals surface area contributed by atoms with Crippen molar-refractivity contribution in [3.63, 3.8) is 0 Å². The van der Waals surface area contributed by atoms with Crippen LogP contribution >= 0.6 is 0 Å². The number of nitrogens with zero attached hydrogens (tertiary/aromatic N) is 1. The van der Waals surface area contributed by atoms with Crippen LogP contribution in [0.2, 0.25) is 0 Å². The largest absolute Gasteiger partial charge is 0.480 e. The minimum absolute atomic E-state index is 0.0961. The number of hydrogen-bond acceptors (Lipinski definition) is 5. The molecule has 0 radical (unpaired) electrons. The zero-order chi connectivity index (χ0) is 9.35. The molecule has 1 aliphatic rings. The highest BCUT2D eigenvalue weighted by molar-refractivity contribution is 5.80. The van der Waals surface area contributed by atoms with Crippen molar-refractivity contribution in [3.05, 3.63) is 0 Å². The molecule has 12 heavy (non-hydrogen) atoms. The average Bonchev–Trinajstić information content (AvgIpc) is 2.32. The van der Waals surface area contributed by atoms with Gasteiger partial charge in [0.15, 0.2) is 0 Å². The van der Waals surface area contributed by atoms with Crippen molar-refractivity contribution in [2.45, 2.75) is 30.8 Å². The predicted octanol–water partition coefficient (Wildman–Crippen LogP) is -0.599. The van der Waals surface area contributed by atoms with Gasteiger partial charge in [0.25, 0.3) is 0 Å². The van der Waals surface area contributed by atoms with E-state index in [9.17, 15) is 4.79 Å². The molecule has 5 N–H and O–H groups in total. The minimum Gasteiger partial charge on any atom is -0.480 e. The molecular formula is C6H12N2O4. The van der Waals surface area contributed by atoms with Crippen LogP contribution in [0.3, 0.4) is 0 Å². The second-order valence-electron chi connectivity index (χ2n) is 3.07. The molecule has 1 saturated carbocycles. The van der Waals surface area contributed by atoms with Crippen LogP contribution in [0.15, 0.2) is 0 Å². The summed E-state index contributed by atoms with van der Waals surface area (Å²) in [5, 5.41) is 26.0. The highest BCUT2D eigenvalue weighted by atomic mass is 16.8. The van der Waals surface area contributed by atoms with Gasteiger partial charge in [-0.3, -0.25) is 15.2 Å². The third-order valence-corrected chi connectivity index (χ3v) is 2.34. The van der Waals surface area contributed by atoms with Crippen LogP contribution in [0.25, 0.3) is 0 Å². The van der Waals surface area contributed by atoms with Gasteiger partial charge >= 0.3 is 5.97 Å². The normalized spacial score (nSPS) is 35.8. The van der Waals surface area contributed by atoms with Crippen molar-refractivity contribution >= 4 is 5.97 Å². The Balaban J connectivity index is 2.81. The highest BCUT2D eigenvalue weighted by Crippen LogP contribution is 2.30. The molecule has 1 fully saturated rings. The molecule has 1 rings (SSSR count). The van der Waals surface area contributed by atoms with E-state index in [2.05, 4.69) is 0 Å². The van der Waals surface area contributed by atoms with Crippen molar-refractivity contribution in [2.75, 3.05) is 0 Å². The summed E-state index contributed by atoms with van der Waals surface area (Å²) in [7, 11) is 0. The first-order chi connectivity index (χ1) is 5.48. The zero-order valence-corrected chi connectivity index (χ0v) is 6.47. The molecule has 1 aliphatic carbocycles. The van der Waals surface area contributed by atoms with E-state index in [-0.39, 0.29) is 11.6 Å². The molecule has 0 spiro atoms. The molecule has 0 aliphatic heterocycles. The molecule has 0 aromatic rings. The van der Waals surface area contributed by atoms with Gasteiger partial charge in [0.2, 0.25) is 0 Å². The van der Waals surface area contributed by atoms with E-state index in [1.165, 1.54) is 0 Å². The smallest absolute Gasteiger partial charge is 0.325 e. The summed E-state index contributed by atoms with van der Waals surface area (Å²) in [6.45, 7) is 0. The first-order valence-electron chi connectivity index (χ1n) is 3.68. The SMILES string of the molecule is NC1(C(=O)O)CCCC1N(O)O. The Hall–Kier alpha value is -0.690. The molecule has 70 valence electrons. The lowest BCUT2D eigenvalue weighted by molar-refractivity contribution is -0.337. The van der Waals surface area contributed by atoms with Gasteiger partial charge < -0.3 is 10.8 Å². The van der Waals surface area contributed by atoms with E-state index in [1.54, 1.807) is 0 Å². The summed E-state index contributed by atoms with van der Waals surface area (Å²) in [5.74, 6) is -1.20. The maximum absolute atomic E-state index is 10.7. The Labute approximate surface area is 69.1 Å². The summed E-state index contributed by atoms with van der Waals surface area (Å²) < 4.78 is 0. The molecule has 0 aromatic carbocycles. The van der Waals surface area contributed by atoms with E-state index >= 15 is 0 Å². The average molecular weight is 176 g/mol. The van der Waals surface area contributed by atoms with Crippen LogP contribution in [0.5, 0.6) is 0 Å². The quantitative estimate of drug-likeness (QED) is 0.418. The van der Waals surface area contributed by atoms with E-state index in [4.69, 9.17) is 21.3 Å². The Morgan fingerprint density at radius 1 is 1.58 bits per heavy atom. The third-order valence-electron chi connectivity index (χ3n) is 2.34. The fourth-order valence-electron chi connectivity index (χ4n) is 1.58. The maximum Gasteiger partial charge on any atom is 0.325 e. The molecule has 2 atom stereocenters. The summed E-state index contributed by atoms with van der Waals surface area (Å²) >= 11 is 0. The maximum atomic E-state index is 10.7. The van der Waals surface area contributed by atoms with Gasteiger partial charge in [0.05, 0.1) is 6.04 Å². The van der Waals surface area contributed by atoms with Crippen molar-refractivity contribution in [1.29, 1.82) is 0 Å². The number of rotatable bonds is 2. The Morgan fingerprint density at radius 2 is 2.17 bits per heavy atom. The van der Waals surface area contributed by atoms with Crippen molar-refractivity contribution in [3.8, 4) is 0 Å². The monoisotopic (exact) mass is 176 g/mol. The number of carbonyl (C=O) groups is 1. The van der Waals surface area contributed by atoms with Crippen LogP contribution in [0, 0.1) is 0 Å². The summed E-state index contributed by atoms with van der Waals surface area (Å²) in [6, 6.07) is -0.907. The van der Waals surface area contributed by atoms with Gasteiger partial charge in [-0.05, 0) is 19.3 Å². The van der Waals surface area contributed by atoms with Gasteiger partial charge in [-0.15, -0.1) is 0 Å². The second-order valence-corrected chi connectivity index (χ2v) is 3.07. The number of nitrogens with two attached hydrogens (primary N) is 1. The van der Waals surface area contributed by atoms with Crippen LogP contribution in [0.4, 0.5) is 0 Å². The Morgan fingerprint density at radius 3 is 2.50 bits per heavy atom. The molecule has 0 heterocycles. The summed E-state index contributed by atoms with van der Waals surface area (Å²) in [6.07, 6.45) is 1.24. The highest BCUT2D eigenvalue weighted by Gasteiger charge is 2.49. The number of hydroxylamine groups is 2. The number of aliphatic carboxylic acids is 1. The van der Waals surface area contributed by atoms with Crippen LogP contribution in [-0.2, 0) is 4.79 Å². The second kappa shape index (κ2) is 2.98. The molecule has 0 amide bonds. The lowest BCUT2D eigenvalue weighted by Crippen LogP contribution is -2.58. The molecule has 0 aromatic heterocycles. The van der Waals surface area contributed by atoms with E-state index in [1.807, 2.05) is 0 Å². The van der Waals surface area contributed by atoms with Gasteiger partial charge in [0.1, 0.15) is 5.54 Å². The summed E-state index contributed by atoms with van der Waals surface area (Å²) in [4.78, 5) is 10.7. The van der Waals surface area contributed by atoms with Gasteiger partial charge in [-0.1, -0.05) is 5.23 Å². The fourth-order valence-corrected chi connectivity index (χ4v) is 1.58. The molecule has 0 saturated heterocycles. The zero-order valence-electron chi connectivity index (χ0n) is 6.47. The third kappa shape index (κ3) is 1.29. The van der Waals surface area contributed by atoms with Gasteiger partial charge in [-0.2, -0.15) is 0 Å². The Bertz CT molecular complexity index is 196. The first kappa shape index (κ1) is 9.40. The molecular weight excluding hydrogens is 164 g/mol. The minimum atomic E-state index is -1.52. The fraction of sp³-hybridized carbons (Fsp3) is 0.833. The lowest BCUT2D eigenvalue weighted by atomic mass is 9.95. The Kier molecular flexibility index (Phi) is 2.34. The van der Waals surface area contributed by atoms with Gasteiger partial charge in [0, 0.05) is 0 Å². The van der Waals surface area contributed by atoms with Crippen LogP contribution in [-0.4, -0.2) is 38.3 Å². The molecule has 6 nitrogen and oxygen atoms in total. The first-order valence-corrected chi connectivity index (χ1v) is 3.68. The van der Waals surface area contributed by atoms with Crippen molar-refractivity contribution in [2.24, 2.45) is 5.73 Å². The van der Waals surface area contributed by atoms with Crippen molar-refractivity contribution < 1.29 is 20.3 Å². The van der Waals surface area contributed by atoms with Crippen molar-refractivity contribution in [1.82, 2.24) is 5.23 Å². The number of carboxylic acids is 1. The number of carboxylic acid groups (broad SMARTS) is 1. The number of hydrogen-bond donors (Lipinski definition) is 4. The van der Waals surface area contributed by atoms with E-state index in [0.717, 1.165) is 0 Å². The molecule has 2 unspecified atom stereocenters. The van der Waals surface area contributed by atoms with Crippen LogP contribution < -0.4 is 5.73 Å². The standard InChI is InChI=1S/C6H12N2O4/c7-6(5(9)10)3-1-2-4(6)8(11)12/h4,11-12H,1-3,7H2,(H,9,10). The predicted molar refractivity (Wildman–Crippen MR) is 37.6 cm³/mol. The molecule has 0 bridgehead atoms. The lowest BCUT2D eigenvalue weighted by Gasteiger charge is -2.28. The summed E-state index contributed by atoms with van der Waals surface area (Å²) in [5.41, 5.74) is 3.96. The van der Waals surface area contributed by atoms with E-state index < -0.39 is 17.6 Å².